The first-order valence-corrected chi connectivity index (χ1v) is 5.08. The molecule has 0 saturated heterocycles. The molecule has 0 fully saturated rings. The van der Waals surface area contributed by atoms with Crippen LogP contribution in [0.15, 0.2) is 0 Å². The number of hydrogen-bond donors (Lipinski definition) is 3. The zero-order chi connectivity index (χ0) is 11.1. The molecule has 0 aliphatic carbocycles. The van der Waals surface area contributed by atoms with E-state index >= 15 is 0 Å². The Bertz CT molecular complexity index is 174. The fourth-order valence-corrected chi connectivity index (χ4v) is 1.07. The predicted molar refractivity (Wildman–Crippen MR) is 56.9 cm³/mol. The predicted octanol–water partition coefficient (Wildman–Crippen LogP) is -0.0250. The molecule has 0 rings (SSSR count). The summed E-state index contributed by atoms with van der Waals surface area (Å²) >= 11 is 0. The Balaban J connectivity index is 3.92. The largest absolute Gasteiger partial charge is 0.396 e. The van der Waals surface area contributed by atoms with E-state index in [0.717, 1.165) is 0 Å². The van der Waals surface area contributed by atoms with Gasteiger partial charge in [0, 0.05) is 25.1 Å². The topological polar surface area (TPSA) is 61.4 Å². The molecule has 3 N–H and O–H groups in total. The molecule has 0 spiro atoms. The number of carbonyl (C=O) groups is 1. The number of carbonyl (C=O) groups excluding carboxylic acids is 1. The van der Waals surface area contributed by atoms with Crippen molar-refractivity contribution in [2.45, 2.75) is 26.8 Å². The van der Waals surface area contributed by atoms with Crippen LogP contribution in [0.1, 0.15) is 20.8 Å². The summed E-state index contributed by atoms with van der Waals surface area (Å²) in [6.45, 7) is 6.47. The van der Waals surface area contributed by atoms with Crippen LogP contribution in [-0.2, 0) is 4.79 Å². The van der Waals surface area contributed by atoms with Gasteiger partial charge in [0.2, 0.25) is 5.91 Å². The van der Waals surface area contributed by atoms with Gasteiger partial charge in [-0.05, 0) is 19.9 Å². The van der Waals surface area contributed by atoms with Crippen LogP contribution in [0.2, 0.25) is 0 Å². The molecule has 0 heterocycles. The molecule has 3 atom stereocenters. The summed E-state index contributed by atoms with van der Waals surface area (Å²) in [5.74, 6) is 0.0984. The summed E-state index contributed by atoms with van der Waals surface area (Å²) in [6, 6.07) is 0.0202. The number of aliphatic hydroxyl groups is 1. The molecule has 3 unspecified atom stereocenters. The van der Waals surface area contributed by atoms with Gasteiger partial charge in [0.15, 0.2) is 0 Å². The van der Waals surface area contributed by atoms with Crippen LogP contribution in [0.25, 0.3) is 0 Å². The van der Waals surface area contributed by atoms with E-state index in [0.29, 0.717) is 6.54 Å². The number of rotatable bonds is 6. The summed E-state index contributed by atoms with van der Waals surface area (Å²) < 4.78 is 0. The van der Waals surface area contributed by atoms with Crippen molar-refractivity contribution in [1.82, 2.24) is 10.6 Å². The molecule has 14 heavy (non-hydrogen) atoms. The third-order valence-electron chi connectivity index (χ3n) is 2.47. The molecule has 84 valence electrons. The van der Waals surface area contributed by atoms with Gasteiger partial charge in [0.1, 0.15) is 0 Å². The lowest BCUT2D eigenvalue weighted by Gasteiger charge is -2.21. The molecule has 0 aromatic heterocycles. The summed E-state index contributed by atoms with van der Waals surface area (Å²) in [4.78, 5) is 11.5. The van der Waals surface area contributed by atoms with Gasteiger partial charge in [-0.1, -0.05) is 13.8 Å². The molecule has 0 aliphatic rings. The maximum absolute atomic E-state index is 11.5. The van der Waals surface area contributed by atoms with Crippen molar-refractivity contribution in [3.63, 3.8) is 0 Å². The molecule has 0 aliphatic heterocycles. The minimum absolute atomic E-state index is 0.0202. The van der Waals surface area contributed by atoms with Crippen molar-refractivity contribution in [3.8, 4) is 0 Å². The monoisotopic (exact) mass is 202 g/mol. The molecule has 0 aromatic rings. The van der Waals surface area contributed by atoms with Crippen LogP contribution >= 0.6 is 0 Å². The van der Waals surface area contributed by atoms with E-state index in [1.54, 1.807) is 0 Å². The second kappa shape index (κ2) is 6.79. The Kier molecular flexibility index (Phi) is 6.49. The van der Waals surface area contributed by atoms with Gasteiger partial charge >= 0.3 is 0 Å². The van der Waals surface area contributed by atoms with Gasteiger partial charge in [0.25, 0.3) is 0 Å². The van der Waals surface area contributed by atoms with E-state index in [4.69, 9.17) is 5.11 Å². The fraction of sp³-hybridized carbons (Fsp3) is 0.900. The fourth-order valence-electron chi connectivity index (χ4n) is 1.07. The highest BCUT2D eigenvalue weighted by atomic mass is 16.3. The van der Waals surface area contributed by atoms with E-state index in [9.17, 15) is 4.79 Å². The standard InChI is InChI=1S/C10H22N2O2/c1-7(5-11-4)10(14)12-9(3)8(2)6-13/h7-9,11,13H,5-6H2,1-4H3,(H,12,14). The second-order valence-electron chi connectivity index (χ2n) is 3.92. The van der Waals surface area contributed by atoms with Gasteiger partial charge < -0.3 is 15.7 Å². The maximum Gasteiger partial charge on any atom is 0.224 e. The molecule has 1 amide bonds. The van der Waals surface area contributed by atoms with Crippen LogP contribution in [0.4, 0.5) is 0 Å². The summed E-state index contributed by atoms with van der Waals surface area (Å²) in [7, 11) is 1.82. The third-order valence-corrected chi connectivity index (χ3v) is 2.47. The van der Waals surface area contributed by atoms with Crippen molar-refractivity contribution in [3.05, 3.63) is 0 Å². The van der Waals surface area contributed by atoms with E-state index < -0.39 is 0 Å². The normalized spacial score (nSPS) is 17.2. The van der Waals surface area contributed by atoms with Crippen molar-refractivity contribution in [1.29, 1.82) is 0 Å². The molecular weight excluding hydrogens is 180 g/mol. The lowest BCUT2D eigenvalue weighted by molar-refractivity contribution is -0.125. The third kappa shape index (κ3) is 4.58. The first-order chi connectivity index (χ1) is 6.52. The number of hydrogen-bond acceptors (Lipinski definition) is 3. The molecule has 0 saturated carbocycles. The average Bonchev–Trinajstić information content (AvgIpc) is 2.16. The van der Waals surface area contributed by atoms with Gasteiger partial charge in [0.05, 0.1) is 0 Å². The zero-order valence-corrected chi connectivity index (χ0v) is 9.50. The molecule has 0 bridgehead atoms. The van der Waals surface area contributed by atoms with Crippen LogP contribution in [0.3, 0.4) is 0 Å². The van der Waals surface area contributed by atoms with E-state index in [2.05, 4.69) is 10.6 Å². The Morgan fingerprint density at radius 1 is 1.36 bits per heavy atom. The molecule has 4 nitrogen and oxygen atoms in total. The minimum Gasteiger partial charge on any atom is -0.396 e. The highest BCUT2D eigenvalue weighted by Gasteiger charge is 2.17. The first kappa shape index (κ1) is 13.4. The number of aliphatic hydroxyl groups excluding tert-OH is 1. The van der Waals surface area contributed by atoms with E-state index in [1.165, 1.54) is 0 Å². The van der Waals surface area contributed by atoms with Crippen molar-refractivity contribution in [2.75, 3.05) is 20.2 Å². The Morgan fingerprint density at radius 2 is 1.93 bits per heavy atom. The Hall–Kier alpha value is -0.610. The molecule has 4 heteroatoms. The number of amides is 1. The first-order valence-electron chi connectivity index (χ1n) is 5.08. The average molecular weight is 202 g/mol. The minimum atomic E-state index is -0.0339. The zero-order valence-electron chi connectivity index (χ0n) is 9.50. The van der Waals surface area contributed by atoms with E-state index in [-0.39, 0.29) is 30.4 Å². The number of nitrogens with one attached hydrogen (secondary N) is 2. The summed E-state index contributed by atoms with van der Waals surface area (Å²) in [6.07, 6.45) is 0. The van der Waals surface area contributed by atoms with Crippen molar-refractivity contribution in [2.24, 2.45) is 11.8 Å². The smallest absolute Gasteiger partial charge is 0.224 e. The Labute approximate surface area is 86.1 Å². The van der Waals surface area contributed by atoms with Gasteiger partial charge in [-0.2, -0.15) is 0 Å². The maximum atomic E-state index is 11.5. The van der Waals surface area contributed by atoms with Crippen molar-refractivity contribution < 1.29 is 9.90 Å². The highest BCUT2D eigenvalue weighted by molar-refractivity contribution is 5.78. The van der Waals surface area contributed by atoms with Crippen molar-refractivity contribution >= 4 is 5.91 Å². The second-order valence-corrected chi connectivity index (χ2v) is 3.92. The van der Waals surface area contributed by atoms with Crippen LogP contribution in [0.5, 0.6) is 0 Å². The molecular formula is C10H22N2O2. The highest BCUT2D eigenvalue weighted by Crippen LogP contribution is 2.02. The van der Waals surface area contributed by atoms with E-state index in [1.807, 2.05) is 27.8 Å². The van der Waals surface area contributed by atoms with Crippen LogP contribution < -0.4 is 10.6 Å². The molecule has 0 aromatic carbocycles. The SMILES string of the molecule is CNCC(C)C(=O)NC(C)C(C)CO. The lowest BCUT2D eigenvalue weighted by Crippen LogP contribution is -2.42. The van der Waals surface area contributed by atoms with Gasteiger partial charge in [-0.15, -0.1) is 0 Å². The summed E-state index contributed by atoms with van der Waals surface area (Å²) in [5.41, 5.74) is 0. The summed E-state index contributed by atoms with van der Waals surface area (Å²) in [5, 5.41) is 14.7. The Morgan fingerprint density at radius 3 is 2.36 bits per heavy atom. The van der Waals surface area contributed by atoms with Gasteiger partial charge in [-0.3, -0.25) is 4.79 Å². The quantitative estimate of drug-likeness (QED) is 0.567. The van der Waals surface area contributed by atoms with Crippen LogP contribution in [0, 0.1) is 11.8 Å². The lowest BCUT2D eigenvalue weighted by atomic mass is 10.0. The molecule has 0 radical (unpaired) electrons. The van der Waals surface area contributed by atoms with Crippen LogP contribution in [-0.4, -0.2) is 37.3 Å². The van der Waals surface area contributed by atoms with Gasteiger partial charge in [-0.25, -0.2) is 0 Å².